The minimum absolute atomic E-state index is 0.176. The number of thiazole rings is 1. The van der Waals surface area contributed by atoms with Crippen molar-refractivity contribution in [2.24, 2.45) is 4.99 Å². The second kappa shape index (κ2) is 11.8. The van der Waals surface area contributed by atoms with E-state index in [4.69, 9.17) is 14.6 Å². The van der Waals surface area contributed by atoms with E-state index in [1.54, 1.807) is 54.1 Å². The molecule has 0 N–H and O–H groups in total. The highest BCUT2D eigenvalue weighted by atomic mass is 32.1. The van der Waals surface area contributed by atoms with Gasteiger partial charge in [0.25, 0.3) is 5.56 Å². The summed E-state index contributed by atoms with van der Waals surface area (Å²) in [4.78, 5) is 44.9. The average molecular weight is 611 g/mol. The Morgan fingerprint density at radius 1 is 1.05 bits per heavy atom. The van der Waals surface area contributed by atoms with Crippen LogP contribution < -0.4 is 19.6 Å². The Morgan fingerprint density at radius 3 is 2.49 bits per heavy atom. The van der Waals surface area contributed by atoms with Gasteiger partial charge in [0.2, 0.25) is 0 Å². The van der Waals surface area contributed by atoms with E-state index < -0.39 is 18.0 Å². The van der Waals surface area contributed by atoms with Crippen molar-refractivity contribution < 1.29 is 19.1 Å². The molecule has 0 saturated carbocycles. The number of benzene rings is 2. The van der Waals surface area contributed by atoms with Crippen LogP contribution in [-0.2, 0) is 14.3 Å². The highest BCUT2D eigenvalue weighted by Gasteiger charge is 2.33. The molecule has 0 radical (unpaired) electrons. The number of para-hydroxylation sites is 1. The lowest BCUT2D eigenvalue weighted by Gasteiger charge is -2.24. The van der Waals surface area contributed by atoms with E-state index in [0.29, 0.717) is 26.3 Å². The highest BCUT2D eigenvalue weighted by molar-refractivity contribution is 7.13. The number of fused-ring (bicyclic) bond motifs is 1. The fourth-order valence-electron chi connectivity index (χ4n) is 4.94. The lowest BCUT2D eigenvalue weighted by Crippen LogP contribution is -2.39. The van der Waals surface area contributed by atoms with Crippen LogP contribution in [0.3, 0.4) is 0 Å². The number of carbonyl (C=O) groups is 2. The van der Waals surface area contributed by atoms with Crippen molar-refractivity contribution in [3.63, 3.8) is 0 Å². The molecule has 0 spiro atoms. The molecule has 2 aromatic carbocycles. The molecule has 216 valence electrons. The molecule has 5 aromatic rings. The van der Waals surface area contributed by atoms with E-state index >= 15 is 0 Å². The summed E-state index contributed by atoms with van der Waals surface area (Å²) in [6.07, 6.45) is 3.73. The van der Waals surface area contributed by atoms with Crippen LogP contribution >= 0.6 is 22.7 Å². The molecule has 1 aliphatic rings. The van der Waals surface area contributed by atoms with E-state index in [2.05, 4.69) is 4.99 Å². The van der Waals surface area contributed by atoms with Gasteiger partial charge in [-0.05, 0) is 61.2 Å². The minimum Gasteiger partial charge on any atom is -0.463 e. The number of carbonyl (C=O) groups excluding carboxylic acids is 2. The molecule has 9 nitrogen and oxygen atoms in total. The van der Waals surface area contributed by atoms with Crippen LogP contribution in [0, 0.1) is 0 Å². The van der Waals surface area contributed by atoms with Crippen molar-refractivity contribution in [2.75, 3.05) is 6.61 Å². The van der Waals surface area contributed by atoms with E-state index in [9.17, 15) is 14.4 Å². The van der Waals surface area contributed by atoms with Gasteiger partial charge in [0.15, 0.2) is 4.80 Å². The Balaban J connectivity index is 1.52. The highest BCUT2D eigenvalue weighted by Crippen LogP contribution is 2.32. The zero-order chi connectivity index (χ0) is 30.1. The minimum atomic E-state index is -0.785. The van der Waals surface area contributed by atoms with Crippen molar-refractivity contribution in [3.05, 3.63) is 120 Å². The van der Waals surface area contributed by atoms with E-state index in [0.717, 1.165) is 21.8 Å². The number of rotatable bonds is 7. The molecule has 0 aliphatic carbocycles. The zero-order valence-corrected chi connectivity index (χ0v) is 25.1. The number of allylic oxidation sites excluding steroid dienone is 1. The van der Waals surface area contributed by atoms with Gasteiger partial charge in [0.1, 0.15) is 11.4 Å². The molecule has 0 amide bonds. The van der Waals surface area contributed by atoms with Crippen molar-refractivity contribution in [2.45, 2.75) is 26.8 Å². The third-order valence-corrected chi connectivity index (χ3v) is 8.64. The number of nitrogens with zero attached hydrogens (tertiary/aromatic N) is 4. The first-order valence-electron chi connectivity index (χ1n) is 13.5. The zero-order valence-electron chi connectivity index (χ0n) is 23.5. The quantitative estimate of drug-likeness (QED) is 0.197. The fraction of sp³-hybridized carbons (Fsp3) is 0.156. The summed E-state index contributed by atoms with van der Waals surface area (Å²) < 4.78 is 14.4. The predicted molar refractivity (Wildman–Crippen MR) is 165 cm³/mol. The van der Waals surface area contributed by atoms with Gasteiger partial charge >= 0.3 is 11.9 Å². The summed E-state index contributed by atoms with van der Waals surface area (Å²) in [5.41, 5.74) is 3.53. The molecule has 1 unspecified atom stereocenters. The first kappa shape index (κ1) is 28.3. The third-order valence-electron chi connectivity index (χ3n) is 6.78. The van der Waals surface area contributed by atoms with Gasteiger partial charge in [-0.15, -0.1) is 11.3 Å². The normalized spacial score (nSPS) is 14.8. The van der Waals surface area contributed by atoms with Gasteiger partial charge in [-0.3, -0.25) is 14.2 Å². The van der Waals surface area contributed by atoms with Gasteiger partial charge in [0.05, 0.1) is 39.0 Å². The first-order valence-corrected chi connectivity index (χ1v) is 15.2. The summed E-state index contributed by atoms with van der Waals surface area (Å²) in [6, 6.07) is 19.7. The second-order valence-electron chi connectivity index (χ2n) is 9.66. The third kappa shape index (κ3) is 5.52. The molecule has 0 saturated heterocycles. The van der Waals surface area contributed by atoms with Gasteiger partial charge < -0.3 is 9.47 Å². The summed E-state index contributed by atoms with van der Waals surface area (Å²) >= 11 is 2.82. The number of hydrogen-bond acceptors (Lipinski definition) is 9. The Labute approximate surface area is 254 Å². The Morgan fingerprint density at radius 2 is 1.81 bits per heavy atom. The van der Waals surface area contributed by atoms with Crippen molar-refractivity contribution in [3.8, 4) is 22.0 Å². The molecule has 1 atom stereocenters. The van der Waals surface area contributed by atoms with Crippen molar-refractivity contribution in [1.82, 2.24) is 14.3 Å². The van der Waals surface area contributed by atoms with Crippen LogP contribution in [0.4, 0.5) is 0 Å². The Bertz CT molecular complexity index is 2040. The maximum Gasteiger partial charge on any atom is 0.338 e. The Hall–Kier alpha value is -4.87. The van der Waals surface area contributed by atoms with Crippen LogP contribution in [0.2, 0.25) is 0 Å². The maximum atomic E-state index is 14.1. The summed E-state index contributed by atoms with van der Waals surface area (Å²) in [5.74, 6) is -0.629. The molecule has 3 aromatic heterocycles. The van der Waals surface area contributed by atoms with Crippen molar-refractivity contribution in [1.29, 1.82) is 0 Å². The van der Waals surface area contributed by atoms with E-state index in [1.165, 1.54) is 22.8 Å². The molecule has 4 heterocycles. The van der Waals surface area contributed by atoms with E-state index in [-0.39, 0.29) is 17.7 Å². The second-order valence-corrected chi connectivity index (χ2v) is 11.6. The largest absolute Gasteiger partial charge is 0.463 e. The fourth-order valence-corrected chi connectivity index (χ4v) is 6.71. The lowest BCUT2D eigenvalue weighted by molar-refractivity contribution is -0.139. The molecule has 43 heavy (non-hydrogen) atoms. The standard InChI is InChI=1S/C32H26N4O5S2/c1-4-40-31(39)27-19(2)33-32-36(29(27)21-12-14-24(15-13-21)41-20(3)37)30(38)26(43-32)17-22-18-35(23-9-6-5-7-10-23)34-28(22)25-11-8-16-42-25/h5-18,29H,4H2,1-3H3/b26-17-. The van der Waals surface area contributed by atoms with Crippen LogP contribution in [0.25, 0.3) is 22.3 Å². The first-order chi connectivity index (χ1) is 20.8. The molecule has 1 aliphatic heterocycles. The SMILES string of the molecule is CCOC(=O)C1=C(C)N=c2s/c(=C\c3cn(-c4ccccc4)nc3-c3cccs3)c(=O)n2C1c1ccc(OC(C)=O)cc1. The number of thiophene rings is 1. The van der Waals surface area contributed by atoms with Crippen LogP contribution in [0.5, 0.6) is 5.75 Å². The predicted octanol–water partition coefficient (Wildman–Crippen LogP) is 4.64. The van der Waals surface area contributed by atoms with Gasteiger partial charge in [-0.25, -0.2) is 14.5 Å². The maximum absolute atomic E-state index is 14.1. The smallest absolute Gasteiger partial charge is 0.338 e. The molecular weight excluding hydrogens is 585 g/mol. The molecule has 0 bridgehead atoms. The lowest BCUT2D eigenvalue weighted by atomic mass is 9.96. The topological polar surface area (TPSA) is 105 Å². The van der Waals surface area contributed by atoms with Crippen molar-refractivity contribution >= 4 is 40.7 Å². The number of hydrogen-bond donors (Lipinski definition) is 0. The molecule has 6 rings (SSSR count). The van der Waals surface area contributed by atoms with E-state index in [1.807, 2.05) is 60.1 Å². The number of esters is 2. The van der Waals surface area contributed by atoms with Crippen LogP contribution in [0.1, 0.15) is 37.9 Å². The monoisotopic (exact) mass is 610 g/mol. The van der Waals surface area contributed by atoms with Gasteiger partial charge in [-0.2, -0.15) is 5.10 Å². The average Bonchev–Trinajstić information content (AvgIpc) is 3.73. The van der Waals surface area contributed by atoms with Crippen LogP contribution in [0.15, 0.2) is 99.4 Å². The summed E-state index contributed by atoms with van der Waals surface area (Å²) in [7, 11) is 0. The number of aromatic nitrogens is 3. The van der Waals surface area contributed by atoms with Gasteiger partial charge in [0, 0.05) is 18.7 Å². The summed E-state index contributed by atoms with van der Waals surface area (Å²) in [5, 5.41) is 6.84. The molecular formula is C32H26N4O5S2. The number of ether oxygens (including phenoxy) is 2. The van der Waals surface area contributed by atoms with Gasteiger partial charge in [-0.1, -0.05) is 47.7 Å². The van der Waals surface area contributed by atoms with Crippen LogP contribution in [-0.4, -0.2) is 32.9 Å². The summed E-state index contributed by atoms with van der Waals surface area (Å²) in [6.45, 7) is 4.97. The Kier molecular flexibility index (Phi) is 7.75. The molecule has 0 fully saturated rings. The molecule has 11 heteroatoms.